The summed E-state index contributed by atoms with van der Waals surface area (Å²) in [5.74, 6) is -2.31. The summed E-state index contributed by atoms with van der Waals surface area (Å²) in [6, 6.07) is 16.0. The van der Waals surface area contributed by atoms with Crippen LogP contribution in [-0.4, -0.2) is 96.0 Å². The fraction of sp³-hybridized carbons (Fsp3) is 0.600. The maximum Gasteiger partial charge on any atom is 1.00 e. The van der Waals surface area contributed by atoms with Gasteiger partial charge < -0.3 is 38.8 Å². The molecular weight excluding hydrogens is 667 g/mol. The van der Waals surface area contributed by atoms with Crippen LogP contribution in [0.15, 0.2) is 48.5 Å². The number of benzene rings is 2. The largest absolute Gasteiger partial charge is 1.00 e. The Morgan fingerprint density at radius 2 is 1.22 bits per heavy atom. The van der Waals surface area contributed by atoms with Crippen molar-refractivity contribution < 1.29 is 86.4 Å². The second kappa shape index (κ2) is 22.1. The molecule has 268 valence electrons. The van der Waals surface area contributed by atoms with Crippen LogP contribution < -0.4 is 29.6 Å². The number of carbonyl (C=O) groups is 2. The first-order valence-corrected chi connectivity index (χ1v) is 18.2. The molecule has 0 aliphatic carbocycles. The van der Waals surface area contributed by atoms with E-state index in [0.717, 1.165) is 49.7 Å². The average molecular weight is 717 g/mol. The van der Waals surface area contributed by atoms with Gasteiger partial charge in [-0.3, -0.25) is 9.59 Å². The summed E-state index contributed by atoms with van der Waals surface area (Å²) in [5.41, 5.74) is 4.35. The van der Waals surface area contributed by atoms with Crippen molar-refractivity contribution in [1.29, 1.82) is 0 Å². The molecule has 0 aromatic heterocycles. The zero-order valence-electron chi connectivity index (χ0n) is 28.7. The zero-order chi connectivity index (χ0) is 35.1. The van der Waals surface area contributed by atoms with E-state index >= 15 is 0 Å². The number of aryl methyl sites for hydroxylation is 4. The summed E-state index contributed by atoms with van der Waals surface area (Å²) in [5, 5.41) is 30.7. The monoisotopic (exact) mass is 716 g/mol. The molecule has 3 rings (SSSR count). The third-order valence-corrected chi connectivity index (χ3v) is 8.87. The predicted molar refractivity (Wildman–Crippen MR) is 175 cm³/mol. The van der Waals surface area contributed by atoms with Gasteiger partial charge >= 0.3 is 41.5 Å². The van der Waals surface area contributed by atoms with Crippen LogP contribution >= 0.6 is 0 Å². The first-order chi connectivity index (χ1) is 22.9. The van der Waals surface area contributed by atoms with Gasteiger partial charge in [-0.2, -0.15) is 0 Å². The first kappa shape index (κ1) is 43.3. The molecule has 12 nitrogen and oxygen atoms in total. The molecule has 0 radical (unpaired) electrons. The molecular formula is C35H49NaO12S. The topological polar surface area (TPSA) is 189 Å². The van der Waals surface area contributed by atoms with E-state index in [9.17, 15) is 37.9 Å². The Balaban J connectivity index is 0.00000833. The molecule has 0 saturated carbocycles. The minimum atomic E-state index is -4.86. The van der Waals surface area contributed by atoms with E-state index in [0.29, 0.717) is 12.8 Å². The molecule has 49 heavy (non-hydrogen) atoms. The molecule has 1 aliphatic rings. The number of carbonyl (C=O) groups excluding carboxylic acids is 2. The van der Waals surface area contributed by atoms with Gasteiger partial charge in [-0.25, -0.2) is 8.42 Å². The number of unbranched alkanes of at least 4 members (excludes halogenated alkanes) is 2. The molecule has 3 N–H and O–H groups in total. The van der Waals surface area contributed by atoms with Crippen molar-refractivity contribution in [1.82, 2.24) is 0 Å². The summed E-state index contributed by atoms with van der Waals surface area (Å²) >= 11 is 0. The number of hydrogen-bond donors (Lipinski definition) is 3. The fourth-order valence-corrected chi connectivity index (χ4v) is 5.89. The zero-order valence-corrected chi connectivity index (χ0v) is 31.5. The van der Waals surface area contributed by atoms with E-state index in [1.165, 1.54) is 11.1 Å². The SMILES string of the molecule is CCCCc1ccc(CCC(=O)OCC(CO[C@H]2O[C@H](CS(=O)(=O)[O-])[C@@H](O)[C@H](O)[C@H]2O)OC(=O)CCc2ccc(CCCC)cc2)cc1.[Na+]. The molecule has 2 aromatic carbocycles. The molecule has 1 unspecified atom stereocenters. The smallest absolute Gasteiger partial charge is 0.748 e. The Hall–Kier alpha value is -1.91. The number of ether oxygens (including phenoxy) is 4. The minimum absolute atomic E-state index is 0. The van der Waals surface area contributed by atoms with Crippen LogP contribution in [-0.2, 0) is 64.3 Å². The van der Waals surface area contributed by atoms with Crippen LogP contribution in [0.4, 0.5) is 0 Å². The fourth-order valence-electron chi connectivity index (χ4n) is 5.21. The van der Waals surface area contributed by atoms with Gasteiger partial charge in [-0.1, -0.05) is 75.2 Å². The van der Waals surface area contributed by atoms with Crippen molar-refractivity contribution in [3.05, 3.63) is 70.8 Å². The average Bonchev–Trinajstić information content (AvgIpc) is 3.06. The quantitative estimate of drug-likeness (QED) is 0.0929. The first-order valence-electron chi connectivity index (χ1n) is 16.6. The number of hydrogen-bond acceptors (Lipinski definition) is 12. The van der Waals surface area contributed by atoms with Gasteiger partial charge in [0.05, 0.1) is 22.5 Å². The third kappa shape index (κ3) is 15.9. The van der Waals surface area contributed by atoms with E-state index in [-0.39, 0.29) is 49.0 Å². The molecule has 6 atom stereocenters. The molecule has 1 fully saturated rings. The molecule has 0 amide bonds. The molecule has 0 spiro atoms. The third-order valence-electron chi connectivity index (χ3n) is 8.13. The van der Waals surface area contributed by atoms with Gasteiger partial charge in [0.15, 0.2) is 12.4 Å². The van der Waals surface area contributed by atoms with Crippen LogP contribution in [0.25, 0.3) is 0 Å². The second-order valence-electron chi connectivity index (χ2n) is 12.2. The van der Waals surface area contributed by atoms with Crippen molar-refractivity contribution in [2.24, 2.45) is 0 Å². The van der Waals surface area contributed by atoms with E-state index in [1.807, 2.05) is 48.5 Å². The van der Waals surface area contributed by atoms with Crippen molar-refractivity contribution in [3.63, 3.8) is 0 Å². The molecule has 2 aromatic rings. The molecule has 1 heterocycles. The molecule has 0 bridgehead atoms. The van der Waals surface area contributed by atoms with Crippen molar-refractivity contribution in [2.75, 3.05) is 19.0 Å². The number of aliphatic hydroxyl groups excluding tert-OH is 3. The molecule has 1 saturated heterocycles. The van der Waals surface area contributed by atoms with Gasteiger partial charge in [-0.15, -0.1) is 0 Å². The van der Waals surface area contributed by atoms with Gasteiger partial charge in [0.2, 0.25) is 0 Å². The van der Waals surface area contributed by atoms with Crippen molar-refractivity contribution >= 4 is 22.1 Å². The van der Waals surface area contributed by atoms with Crippen LogP contribution in [0.5, 0.6) is 0 Å². The predicted octanol–water partition coefficient (Wildman–Crippen LogP) is -0.234. The molecule has 1 aliphatic heterocycles. The van der Waals surface area contributed by atoms with Crippen molar-refractivity contribution in [2.45, 2.75) is 115 Å². The van der Waals surface area contributed by atoms with Crippen LogP contribution in [0.2, 0.25) is 0 Å². The maximum absolute atomic E-state index is 12.8. The van der Waals surface area contributed by atoms with Crippen LogP contribution in [0, 0.1) is 0 Å². The van der Waals surface area contributed by atoms with Gasteiger partial charge in [-0.05, 0) is 60.8 Å². The summed E-state index contributed by atoms with van der Waals surface area (Å²) in [4.78, 5) is 25.4. The Morgan fingerprint density at radius 1 is 0.755 bits per heavy atom. The van der Waals surface area contributed by atoms with Gasteiger partial charge in [0.25, 0.3) is 0 Å². The van der Waals surface area contributed by atoms with Crippen molar-refractivity contribution in [3.8, 4) is 0 Å². The normalized spacial score (nSPS) is 21.4. The molecule has 14 heteroatoms. The summed E-state index contributed by atoms with van der Waals surface area (Å²) in [6.45, 7) is 3.39. The van der Waals surface area contributed by atoms with E-state index < -0.39 is 71.2 Å². The Bertz CT molecular complexity index is 1370. The Kier molecular flexibility index (Phi) is 19.5. The minimum Gasteiger partial charge on any atom is -0.748 e. The summed E-state index contributed by atoms with van der Waals surface area (Å²) in [6.07, 6.45) is -2.79. The maximum atomic E-state index is 12.8. The summed E-state index contributed by atoms with van der Waals surface area (Å²) < 4.78 is 55.5. The summed E-state index contributed by atoms with van der Waals surface area (Å²) in [7, 11) is -4.86. The number of rotatable bonds is 20. The standard InChI is InChI=1S/C35H50O12S.Na/c1-3-5-7-24-9-13-26(14-10-24)17-19-30(36)44-21-28(46-31(37)20-18-27-15-11-25(12-16-27)8-6-4-2)22-45-35-34(40)33(39)32(38)29(47-35)23-48(41,42)43;/h9-16,28-29,32-35,38-40H,3-8,17-23H2,1-2H3,(H,41,42,43);/q;+1/p-1/t28?,29-,32-,33+,34-,35+;/m1./s1. The number of esters is 2. The van der Waals surface area contributed by atoms with Crippen LogP contribution in [0.1, 0.15) is 74.6 Å². The van der Waals surface area contributed by atoms with Gasteiger partial charge in [0.1, 0.15) is 31.0 Å². The second-order valence-corrected chi connectivity index (χ2v) is 13.7. The Morgan fingerprint density at radius 3 is 1.69 bits per heavy atom. The van der Waals surface area contributed by atoms with E-state index in [1.54, 1.807) is 0 Å². The Labute approximate surface area is 311 Å². The number of aliphatic hydroxyl groups is 3. The van der Waals surface area contributed by atoms with Gasteiger partial charge in [0, 0.05) is 12.8 Å². The van der Waals surface area contributed by atoms with E-state index in [2.05, 4.69) is 13.8 Å². The van der Waals surface area contributed by atoms with E-state index in [4.69, 9.17) is 18.9 Å². The van der Waals surface area contributed by atoms with Crippen LogP contribution in [0.3, 0.4) is 0 Å².